The second-order valence-corrected chi connectivity index (χ2v) is 7.82. The Kier molecular flexibility index (Phi) is 5.07. The van der Waals surface area contributed by atoms with E-state index in [4.69, 9.17) is 0 Å². The van der Waals surface area contributed by atoms with E-state index in [1.807, 2.05) is 12.1 Å². The molecule has 2 fully saturated rings. The van der Waals surface area contributed by atoms with Crippen LogP contribution in [0.4, 0.5) is 4.79 Å². The summed E-state index contributed by atoms with van der Waals surface area (Å²) < 4.78 is 1.08. The highest BCUT2D eigenvalue weighted by Gasteiger charge is 2.42. The number of carbonyl (C=O) groups excluding carboxylic acids is 1. The molecule has 2 aliphatic rings. The molecule has 0 aliphatic heterocycles. The molecule has 3 rings (SSSR count). The van der Waals surface area contributed by atoms with Gasteiger partial charge in [-0.1, -0.05) is 34.5 Å². The van der Waals surface area contributed by atoms with E-state index in [9.17, 15) is 4.79 Å². The molecule has 2 bridgehead atoms. The predicted octanol–water partition coefficient (Wildman–Crippen LogP) is 4.12. The van der Waals surface area contributed by atoms with Gasteiger partial charge in [-0.3, -0.25) is 0 Å². The SMILES string of the molecule is CC(NC(=O)NCCc1cccc(Br)c1)C1CC2CCC1C2. The number of amides is 2. The number of fused-ring (bicyclic) bond motifs is 2. The number of carbonyl (C=O) groups is 1. The van der Waals surface area contributed by atoms with Crippen molar-refractivity contribution in [1.82, 2.24) is 10.6 Å². The van der Waals surface area contributed by atoms with E-state index < -0.39 is 0 Å². The van der Waals surface area contributed by atoms with Gasteiger partial charge in [-0.2, -0.15) is 0 Å². The summed E-state index contributed by atoms with van der Waals surface area (Å²) in [5.41, 5.74) is 1.23. The lowest BCUT2D eigenvalue weighted by Crippen LogP contribution is -2.45. The Morgan fingerprint density at radius 2 is 2.23 bits per heavy atom. The Hall–Kier alpha value is -1.03. The van der Waals surface area contributed by atoms with Gasteiger partial charge in [0, 0.05) is 17.1 Å². The zero-order chi connectivity index (χ0) is 15.5. The fraction of sp³-hybridized carbons (Fsp3) is 0.611. The molecule has 4 atom stereocenters. The summed E-state index contributed by atoms with van der Waals surface area (Å²) in [6, 6.07) is 8.49. The van der Waals surface area contributed by atoms with Crippen molar-refractivity contribution in [2.45, 2.75) is 45.1 Å². The van der Waals surface area contributed by atoms with Gasteiger partial charge in [-0.25, -0.2) is 4.79 Å². The summed E-state index contributed by atoms with van der Waals surface area (Å²) >= 11 is 3.47. The molecular weight excluding hydrogens is 340 g/mol. The molecule has 120 valence electrons. The van der Waals surface area contributed by atoms with E-state index in [2.05, 4.69) is 45.6 Å². The Labute approximate surface area is 141 Å². The van der Waals surface area contributed by atoms with Gasteiger partial charge in [0.05, 0.1) is 0 Å². The first-order chi connectivity index (χ1) is 10.6. The van der Waals surface area contributed by atoms with Gasteiger partial charge in [-0.15, -0.1) is 0 Å². The van der Waals surface area contributed by atoms with Crippen LogP contribution in [0.15, 0.2) is 28.7 Å². The lowest BCUT2D eigenvalue weighted by molar-refractivity contribution is 0.220. The summed E-state index contributed by atoms with van der Waals surface area (Å²) in [7, 11) is 0. The lowest BCUT2D eigenvalue weighted by atomic mass is 9.84. The molecule has 3 nitrogen and oxygen atoms in total. The maximum Gasteiger partial charge on any atom is 0.315 e. The molecule has 4 unspecified atom stereocenters. The lowest BCUT2D eigenvalue weighted by Gasteiger charge is -2.28. The van der Waals surface area contributed by atoms with Crippen LogP contribution in [0.1, 0.15) is 38.2 Å². The van der Waals surface area contributed by atoms with Gasteiger partial charge in [0.2, 0.25) is 0 Å². The smallest absolute Gasteiger partial charge is 0.315 e. The van der Waals surface area contributed by atoms with Crippen molar-refractivity contribution < 1.29 is 4.79 Å². The molecule has 0 aromatic heterocycles. The largest absolute Gasteiger partial charge is 0.338 e. The average Bonchev–Trinajstić information content (AvgIpc) is 3.10. The minimum absolute atomic E-state index is 0.0229. The minimum Gasteiger partial charge on any atom is -0.338 e. The van der Waals surface area contributed by atoms with Crippen LogP contribution in [0.25, 0.3) is 0 Å². The molecule has 2 amide bonds. The van der Waals surface area contributed by atoms with Crippen molar-refractivity contribution in [1.29, 1.82) is 0 Å². The van der Waals surface area contributed by atoms with Crippen LogP contribution in [0.3, 0.4) is 0 Å². The molecule has 2 saturated carbocycles. The number of hydrogen-bond donors (Lipinski definition) is 2. The number of rotatable bonds is 5. The highest BCUT2D eigenvalue weighted by molar-refractivity contribution is 9.10. The fourth-order valence-electron chi connectivity index (χ4n) is 4.28. The Balaban J connectivity index is 1.39. The third kappa shape index (κ3) is 3.83. The minimum atomic E-state index is -0.0229. The van der Waals surface area contributed by atoms with Crippen molar-refractivity contribution in [3.63, 3.8) is 0 Å². The molecule has 4 heteroatoms. The van der Waals surface area contributed by atoms with Gasteiger partial charge in [-0.05, 0) is 68.1 Å². The molecule has 0 saturated heterocycles. The first-order valence-corrected chi connectivity index (χ1v) is 9.20. The Morgan fingerprint density at radius 3 is 2.91 bits per heavy atom. The van der Waals surface area contributed by atoms with E-state index >= 15 is 0 Å². The van der Waals surface area contributed by atoms with Crippen molar-refractivity contribution in [2.24, 2.45) is 17.8 Å². The summed E-state index contributed by atoms with van der Waals surface area (Å²) in [6.45, 7) is 2.84. The van der Waals surface area contributed by atoms with E-state index in [1.165, 1.54) is 31.2 Å². The highest BCUT2D eigenvalue weighted by Crippen LogP contribution is 2.49. The maximum atomic E-state index is 12.0. The van der Waals surface area contributed by atoms with E-state index in [1.54, 1.807) is 0 Å². The quantitative estimate of drug-likeness (QED) is 0.810. The topological polar surface area (TPSA) is 41.1 Å². The van der Waals surface area contributed by atoms with E-state index in [-0.39, 0.29) is 6.03 Å². The standard InChI is InChI=1S/C18H25BrN2O/c1-12(17-11-14-5-6-15(17)9-14)21-18(22)20-8-7-13-3-2-4-16(19)10-13/h2-4,10,12,14-15,17H,5-9,11H2,1H3,(H2,20,21,22). The van der Waals surface area contributed by atoms with Crippen LogP contribution in [-0.2, 0) is 6.42 Å². The van der Waals surface area contributed by atoms with Gasteiger partial charge in [0.25, 0.3) is 0 Å². The molecule has 1 aromatic carbocycles. The monoisotopic (exact) mass is 364 g/mol. The van der Waals surface area contributed by atoms with Crippen LogP contribution in [0.2, 0.25) is 0 Å². The molecule has 2 aliphatic carbocycles. The van der Waals surface area contributed by atoms with Crippen LogP contribution in [-0.4, -0.2) is 18.6 Å². The van der Waals surface area contributed by atoms with Gasteiger partial charge in [0.15, 0.2) is 0 Å². The zero-order valence-corrected chi connectivity index (χ0v) is 14.7. The summed E-state index contributed by atoms with van der Waals surface area (Å²) in [6.07, 6.45) is 6.33. The molecule has 22 heavy (non-hydrogen) atoms. The van der Waals surface area contributed by atoms with Crippen LogP contribution >= 0.6 is 15.9 Å². The summed E-state index contributed by atoms with van der Waals surface area (Å²) in [5.74, 6) is 2.47. The second kappa shape index (κ2) is 7.03. The van der Waals surface area contributed by atoms with E-state index in [0.29, 0.717) is 18.5 Å². The zero-order valence-electron chi connectivity index (χ0n) is 13.1. The third-order valence-corrected chi connectivity index (χ3v) is 5.88. The predicted molar refractivity (Wildman–Crippen MR) is 92.8 cm³/mol. The molecular formula is C18H25BrN2O. The highest BCUT2D eigenvalue weighted by atomic mass is 79.9. The number of hydrogen-bond acceptors (Lipinski definition) is 1. The van der Waals surface area contributed by atoms with Crippen molar-refractivity contribution >= 4 is 22.0 Å². The van der Waals surface area contributed by atoms with Crippen LogP contribution in [0.5, 0.6) is 0 Å². The first kappa shape index (κ1) is 15.9. The summed E-state index contributed by atoms with van der Waals surface area (Å²) in [5, 5.41) is 6.13. The molecule has 2 N–H and O–H groups in total. The second-order valence-electron chi connectivity index (χ2n) is 6.91. The van der Waals surface area contributed by atoms with Crippen molar-refractivity contribution in [3.05, 3.63) is 34.3 Å². The van der Waals surface area contributed by atoms with Crippen molar-refractivity contribution in [3.8, 4) is 0 Å². The number of nitrogens with one attached hydrogen (secondary N) is 2. The number of benzene rings is 1. The average molecular weight is 365 g/mol. The third-order valence-electron chi connectivity index (χ3n) is 5.38. The molecule has 0 spiro atoms. The molecule has 0 radical (unpaired) electrons. The van der Waals surface area contributed by atoms with Crippen molar-refractivity contribution in [2.75, 3.05) is 6.54 Å². The molecule has 0 heterocycles. The number of urea groups is 1. The molecule has 1 aromatic rings. The fourth-order valence-corrected chi connectivity index (χ4v) is 4.73. The first-order valence-electron chi connectivity index (χ1n) is 8.40. The Morgan fingerprint density at radius 1 is 1.36 bits per heavy atom. The summed E-state index contributed by atoms with van der Waals surface area (Å²) in [4.78, 5) is 12.0. The van der Waals surface area contributed by atoms with Gasteiger partial charge >= 0.3 is 6.03 Å². The van der Waals surface area contributed by atoms with Crippen LogP contribution < -0.4 is 10.6 Å². The maximum absolute atomic E-state index is 12.0. The Bertz CT molecular complexity index is 534. The normalized spacial score (nSPS) is 27.6. The van der Waals surface area contributed by atoms with E-state index in [0.717, 1.165) is 22.7 Å². The van der Waals surface area contributed by atoms with Gasteiger partial charge < -0.3 is 10.6 Å². The number of halogens is 1. The van der Waals surface area contributed by atoms with Crippen LogP contribution in [0, 0.1) is 17.8 Å². The van der Waals surface area contributed by atoms with Gasteiger partial charge in [0.1, 0.15) is 0 Å².